The molecule has 1 N–H and O–H groups in total. The molecule has 1 aromatic rings. The zero-order valence-electron chi connectivity index (χ0n) is 12.6. The monoisotopic (exact) mass is 289 g/mol. The van der Waals surface area contributed by atoms with Gasteiger partial charge in [-0.2, -0.15) is 11.8 Å². The first-order valence-corrected chi connectivity index (χ1v) is 9.31. The zero-order chi connectivity index (χ0) is 13.8. The summed E-state index contributed by atoms with van der Waals surface area (Å²) in [6.07, 6.45) is 9.96. The second-order valence-electron chi connectivity index (χ2n) is 6.34. The predicted molar refractivity (Wildman–Crippen MR) is 89.5 cm³/mol. The average Bonchev–Trinajstić information content (AvgIpc) is 2.92. The van der Waals surface area contributed by atoms with Gasteiger partial charge in [0.25, 0.3) is 0 Å². The van der Waals surface area contributed by atoms with E-state index in [4.69, 9.17) is 0 Å². The SMILES string of the molecule is CNC(CSC1CCCC1)c1ccccc1C1CCC1. The van der Waals surface area contributed by atoms with Crippen LogP contribution in [-0.2, 0) is 0 Å². The standard InChI is InChI=1S/C18H27NS/c1-19-18(13-20-15-9-2-3-10-15)17-12-5-4-11-16(17)14-7-6-8-14/h4-5,11-12,14-15,18-19H,2-3,6-10,13H2,1H3. The molecule has 1 unspecified atom stereocenters. The van der Waals surface area contributed by atoms with Crippen molar-refractivity contribution >= 4 is 11.8 Å². The van der Waals surface area contributed by atoms with Crippen molar-refractivity contribution in [1.29, 1.82) is 0 Å². The molecule has 2 fully saturated rings. The van der Waals surface area contributed by atoms with E-state index >= 15 is 0 Å². The van der Waals surface area contributed by atoms with E-state index in [0.717, 1.165) is 11.2 Å². The highest BCUT2D eigenvalue weighted by atomic mass is 32.2. The summed E-state index contributed by atoms with van der Waals surface area (Å²) in [5.74, 6) is 2.06. The van der Waals surface area contributed by atoms with Crippen LogP contribution in [0.25, 0.3) is 0 Å². The van der Waals surface area contributed by atoms with Crippen LogP contribution in [0.5, 0.6) is 0 Å². The van der Waals surface area contributed by atoms with E-state index in [2.05, 4.69) is 48.4 Å². The number of nitrogens with one attached hydrogen (secondary N) is 1. The molecular weight excluding hydrogens is 262 g/mol. The van der Waals surface area contributed by atoms with Crippen molar-refractivity contribution in [1.82, 2.24) is 5.32 Å². The third-order valence-electron chi connectivity index (χ3n) is 5.07. The molecule has 2 heteroatoms. The van der Waals surface area contributed by atoms with E-state index in [-0.39, 0.29) is 0 Å². The Labute approximate surface area is 127 Å². The molecule has 0 saturated heterocycles. The van der Waals surface area contributed by atoms with Crippen LogP contribution < -0.4 is 5.32 Å². The lowest BCUT2D eigenvalue weighted by atomic mass is 9.77. The molecule has 0 bridgehead atoms. The maximum Gasteiger partial charge on any atom is 0.0412 e. The number of benzene rings is 1. The lowest BCUT2D eigenvalue weighted by molar-refractivity contribution is 0.414. The van der Waals surface area contributed by atoms with E-state index in [1.54, 1.807) is 11.1 Å². The van der Waals surface area contributed by atoms with Gasteiger partial charge in [0, 0.05) is 17.0 Å². The molecule has 0 spiro atoms. The molecule has 0 amide bonds. The summed E-state index contributed by atoms with van der Waals surface area (Å²) < 4.78 is 0. The van der Waals surface area contributed by atoms with Gasteiger partial charge in [0.1, 0.15) is 0 Å². The minimum Gasteiger partial charge on any atom is -0.312 e. The second-order valence-corrected chi connectivity index (χ2v) is 7.67. The Kier molecular flexibility index (Phi) is 5.06. The summed E-state index contributed by atoms with van der Waals surface area (Å²) in [5.41, 5.74) is 3.18. The lowest BCUT2D eigenvalue weighted by Crippen LogP contribution is -2.23. The van der Waals surface area contributed by atoms with Crippen molar-refractivity contribution in [3.05, 3.63) is 35.4 Å². The summed E-state index contributed by atoms with van der Waals surface area (Å²) in [4.78, 5) is 0. The van der Waals surface area contributed by atoms with Crippen LogP contribution in [0.4, 0.5) is 0 Å². The Bertz CT molecular complexity index is 421. The summed E-state index contributed by atoms with van der Waals surface area (Å²) in [5, 5.41) is 4.48. The Morgan fingerprint density at radius 3 is 2.50 bits per heavy atom. The topological polar surface area (TPSA) is 12.0 Å². The minimum atomic E-state index is 0.525. The molecule has 2 saturated carbocycles. The Morgan fingerprint density at radius 1 is 1.10 bits per heavy atom. The van der Waals surface area contributed by atoms with Crippen LogP contribution in [0.2, 0.25) is 0 Å². The molecule has 0 aliphatic heterocycles. The van der Waals surface area contributed by atoms with Crippen LogP contribution >= 0.6 is 11.8 Å². The zero-order valence-corrected chi connectivity index (χ0v) is 13.4. The number of hydrogen-bond acceptors (Lipinski definition) is 2. The molecule has 1 aromatic carbocycles. The van der Waals surface area contributed by atoms with Crippen LogP contribution in [0.1, 0.15) is 68.0 Å². The van der Waals surface area contributed by atoms with Crippen LogP contribution in [0, 0.1) is 0 Å². The largest absolute Gasteiger partial charge is 0.312 e. The van der Waals surface area contributed by atoms with E-state index in [1.807, 2.05) is 0 Å². The highest BCUT2D eigenvalue weighted by Gasteiger charge is 2.25. The fourth-order valence-corrected chi connectivity index (χ4v) is 5.01. The predicted octanol–water partition coefficient (Wildman–Crippen LogP) is 4.89. The first-order valence-electron chi connectivity index (χ1n) is 8.26. The molecule has 1 nitrogen and oxygen atoms in total. The first-order chi connectivity index (χ1) is 9.88. The minimum absolute atomic E-state index is 0.525. The Morgan fingerprint density at radius 2 is 1.85 bits per heavy atom. The molecule has 0 heterocycles. The summed E-state index contributed by atoms with van der Waals surface area (Å²) in [6.45, 7) is 0. The van der Waals surface area contributed by atoms with Crippen molar-refractivity contribution in [3.63, 3.8) is 0 Å². The van der Waals surface area contributed by atoms with Gasteiger partial charge in [-0.05, 0) is 49.8 Å². The van der Waals surface area contributed by atoms with E-state index in [9.17, 15) is 0 Å². The highest BCUT2D eigenvalue weighted by molar-refractivity contribution is 7.99. The number of thioether (sulfide) groups is 1. The van der Waals surface area contributed by atoms with Crippen LogP contribution in [0.3, 0.4) is 0 Å². The quantitative estimate of drug-likeness (QED) is 0.800. The molecule has 2 aliphatic carbocycles. The third-order valence-corrected chi connectivity index (χ3v) is 6.53. The van der Waals surface area contributed by atoms with Gasteiger partial charge in [-0.3, -0.25) is 0 Å². The molecule has 0 aromatic heterocycles. The van der Waals surface area contributed by atoms with Crippen molar-refractivity contribution in [2.75, 3.05) is 12.8 Å². The fraction of sp³-hybridized carbons (Fsp3) is 0.667. The van der Waals surface area contributed by atoms with E-state index < -0.39 is 0 Å². The fourth-order valence-electron chi connectivity index (χ4n) is 3.54. The summed E-state index contributed by atoms with van der Waals surface area (Å²) >= 11 is 2.20. The van der Waals surface area contributed by atoms with E-state index in [1.165, 1.54) is 50.7 Å². The molecule has 2 aliphatic rings. The van der Waals surface area contributed by atoms with Crippen molar-refractivity contribution in [2.24, 2.45) is 0 Å². The van der Waals surface area contributed by atoms with Gasteiger partial charge in [0.2, 0.25) is 0 Å². The Hall–Kier alpha value is -0.470. The third kappa shape index (κ3) is 3.23. The number of hydrogen-bond donors (Lipinski definition) is 1. The maximum atomic E-state index is 3.56. The van der Waals surface area contributed by atoms with Gasteiger partial charge in [-0.15, -0.1) is 0 Å². The van der Waals surface area contributed by atoms with E-state index in [0.29, 0.717) is 6.04 Å². The van der Waals surface area contributed by atoms with Crippen molar-refractivity contribution in [2.45, 2.75) is 62.2 Å². The van der Waals surface area contributed by atoms with Crippen LogP contribution in [0.15, 0.2) is 24.3 Å². The number of rotatable bonds is 6. The average molecular weight is 289 g/mol. The normalized spacial score (nSPS) is 21.9. The molecule has 20 heavy (non-hydrogen) atoms. The second kappa shape index (κ2) is 7.00. The first kappa shape index (κ1) is 14.5. The van der Waals surface area contributed by atoms with Crippen molar-refractivity contribution in [3.8, 4) is 0 Å². The summed E-state index contributed by atoms with van der Waals surface area (Å²) in [7, 11) is 2.12. The molecule has 3 rings (SSSR count). The molecule has 110 valence electrons. The van der Waals surface area contributed by atoms with Gasteiger partial charge in [-0.1, -0.05) is 43.5 Å². The van der Waals surface area contributed by atoms with Gasteiger partial charge in [0.15, 0.2) is 0 Å². The van der Waals surface area contributed by atoms with Gasteiger partial charge < -0.3 is 5.32 Å². The molecule has 1 atom stereocenters. The maximum absolute atomic E-state index is 3.56. The van der Waals surface area contributed by atoms with Crippen LogP contribution in [-0.4, -0.2) is 18.1 Å². The summed E-state index contributed by atoms with van der Waals surface area (Å²) in [6, 6.07) is 9.67. The highest BCUT2D eigenvalue weighted by Crippen LogP contribution is 2.40. The molecule has 0 radical (unpaired) electrons. The van der Waals surface area contributed by atoms with Gasteiger partial charge in [-0.25, -0.2) is 0 Å². The Balaban J connectivity index is 1.67. The van der Waals surface area contributed by atoms with Crippen molar-refractivity contribution < 1.29 is 0 Å². The smallest absolute Gasteiger partial charge is 0.0412 e. The van der Waals surface area contributed by atoms with Gasteiger partial charge >= 0.3 is 0 Å². The van der Waals surface area contributed by atoms with Gasteiger partial charge in [0.05, 0.1) is 0 Å². The lowest BCUT2D eigenvalue weighted by Gasteiger charge is -2.30. The molecular formula is C18H27NS.